The van der Waals surface area contributed by atoms with Crippen molar-refractivity contribution < 1.29 is 34.2 Å². The molecule has 1 heterocycles. The summed E-state index contributed by atoms with van der Waals surface area (Å²) in [6, 6.07) is 10.3. The number of hydrogen-bond acceptors (Lipinski definition) is 7. The van der Waals surface area contributed by atoms with Gasteiger partial charge in [-0.25, -0.2) is 4.79 Å². The highest BCUT2D eigenvalue weighted by molar-refractivity contribution is 5.95. The van der Waals surface area contributed by atoms with E-state index < -0.39 is 60.2 Å². The monoisotopic (exact) mass is 539 g/mol. The number of amides is 4. The molecule has 208 valence electrons. The number of phenolic OH excluding ortho intramolecular Hbond substituents is 1. The summed E-state index contributed by atoms with van der Waals surface area (Å²) in [5.41, 5.74) is 12.2. The Morgan fingerprint density at radius 1 is 0.897 bits per heavy atom. The summed E-state index contributed by atoms with van der Waals surface area (Å²) >= 11 is 0. The highest BCUT2D eigenvalue weighted by atomic mass is 16.4. The molecular weight excluding hydrogens is 506 g/mol. The van der Waals surface area contributed by atoms with Gasteiger partial charge in [-0.2, -0.15) is 0 Å². The largest absolute Gasteiger partial charge is 0.508 e. The smallest absolute Gasteiger partial charge is 0.326 e. The summed E-state index contributed by atoms with van der Waals surface area (Å²) in [7, 11) is 0. The second-order valence-corrected chi connectivity index (χ2v) is 9.49. The number of carbonyl (C=O) groups excluding carboxylic acids is 4. The molecule has 4 amide bonds. The third-order valence-corrected chi connectivity index (χ3v) is 6.49. The number of aliphatic carboxylic acids is 1. The van der Waals surface area contributed by atoms with Crippen molar-refractivity contribution in [3.05, 3.63) is 65.7 Å². The summed E-state index contributed by atoms with van der Waals surface area (Å²) in [6.07, 6.45) is 0.460. The molecule has 0 spiro atoms. The average Bonchev–Trinajstić information content (AvgIpc) is 3.39. The van der Waals surface area contributed by atoms with E-state index >= 15 is 0 Å². The zero-order valence-corrected chi connectivity index (χ0v) is 21.3. The summed E-state index contributed by atoms with van der Waals surface area (Å²) in [4.78, 5) is 63.9. The van der Waals surface area contributed by atoms with Crippen LogP contribution in [0, 0.1) is 0 Å². The maximum absolute atomic E-state index is 13.5. The number of likely N-dealkylation sites (tertiary alicyclic amines) is 1. The van der Waals surface area contributed by atoms with E-state index in [2.05, 4.69) is 10.6 Å². The molecule has 4 unspecified atom stereocenters. The minimum Gasteiger partial charge on any atom is -0.508 e. The van der Waals surface area contributed by atoms with Gasteiger partial charge in [0.2, 0.25) is 23.6 Å². The van der Waals surface area contributed by atoms with Gasteiger partial charge >= 0.3 is 5.97 Å². The van der Waals surface area contributed by atoms with Crippen LogP contribution in [-0.2, 0) is 36.8 Å². The van der Waals surface area contributed by atoms with Crippen molar-refractivity contribution in [2.24, 2.45) is 11.5 Å². The molecule has 0 saturated carbocycles. The first-order valence-corrected chi connectivity index (χ1v) is 12.5. The van der Waals surface area contributed by atoms with Crippen molar-refractivity contribution in [1.29, 1.82) is 0 Å². The number of hydrogen-bond donors (Lipinski definition) is 6. The van der Waals surface area contributed by atoms with Crippen LogP contribution in [0.15, 0.2) is 54.6 Å². The molecule has 8 N–H and O–H groups in total. The summed E-state index contributed by atoms with van der Waals surface area (Å²) < 4.78 is 0. The van der Waals surface area contributed by atoms with Crippen molar-refractivity contribution in [3.63, 3.8) is 0 Å². The minimum atomic E-state index is -1.27. The molecule has 3 rings (SSSR count). The number of carboxylic acids is 1. The maximum atomic E-state index is 13.5. The summed E-state index contributed by atoms with van der Waals surface area (Å²) in [6.45, 7) is 0.226. The van der Waals surface area contributed by atoms with E-state index in [1.807, 2.05) is 0 Å². The molecule has 2 aromatic rings. The van der Waals surface area contributed by atoms with Crippen LogP contribution in [0.2, 0.25) is 0 Å². The Bertz CT molecular complexity index is 1190. The number of aromatic hydroxyl groups is 1. The van der Waals surface area contributed by atoms with E-state index in [1.54, 1.807) is 42.5 Å². The number of primary amides is 1. The van der Waals surface area contributed by atoms with Gasteiger partial charge in [0, 0.05) is 19.4 Å². The van der Waals surface area contributed by atoms with Crippen molar-refractivity contribution in [1.82, 2.24) is 15.5 Å². The lowest BCUT2D eigenvalue weighted by molar-refractivity contribution is -0.149. The van der Waals surface area contributed by atoms with Gasteiger partial charge in [0.1, 0.15) is 23.9 Å². The van der Waals surface area contributed by atoms with Gasteiger partial charge in [0.25, 0.3) is 0 Å². The number of nitrogens with one attached hydrogen (secondary N) is 2. The van der Waals surface area contributed by atoms with Crippen molar-refractivity contribution >= 4 is 29.6 Å². The standard InChI is InChI=1S/C27H33N5O7/c28-19(15-23(29)34)24(35)30-20(13-16-5-2-1-3-6-16)25(36)31-21(14-17-8-10-18(33)11-9-17)26(37)32-12-4-7-22(32)27(38)39/h1-3,5-6,8-11,19-22,33H,4,7,12-15,28H2,(H2,29,34)(H,30,35)(H,31,36)(H,38,39). The quantitative estimate of drug-likeness (QED) is 0.205. The van der Waals surface area contributed by atoms with E-state index in [9.17, 15) is 34.2 Å². The highest BCUT2D eigenvalue weighted by Crippen LogP contribution is 2.20. The minimum absolute atomic E-state index is 0.0148. The van der Waals surface area contributed by atoms with Crippen LogP contribution in [0.5, 0.6) is 5.75 Å². The summed E-state index contributed by atoms with van der Waals surface area (Å²) in [5.74, 6) is -3.92. The first-order valence-electron chi connectivity index (χ1n) is 12.5. The van der Waals surface area contributed by atoms with Crippen molar-refractivity contribution in [3.8, 4) is 5.75 Å². The molecule has 1 aliphatic rings. The van der Waals surface area contributed by atoms with Crippen LogP contribution in [0.3, 0.4) is 0 Å². The first kappa shape index (κ1) is 29.1. The molecule has 12 heteroatoms. The highest BCUT2D eigenvalue weighted by Gasteiger charge is 2.38. The van der Waals surface area contributed by atoms with Gasteiger partial charge < -0.3 is 37.2 Å². The van der Waals surface area contributed by atoms with Crippen LogP contribution in [0.25, 0.3) is 0 Å². The topological polar surface area (TPSA) is 205 Å². The Kier molecular flexibility index (Phi) is 9.98. The van der Waals surface area contributed by atoms with Crippen LogP contribution in [0.4, 0.5) is 0 Å². The fourth-order valence-electron chi connectivity index (χ4n) is 4.47. The lowest BCUT2D eigenvalue weighted by atomic mass is 10.0. The normalized spacial score (nSPS) is 17.1. The number of benzene rings is 2. The van der Waals surface area contributed by atoms with Crippen molar-refractivity contribution in [2.45, 2.75) is 56.3 Å². The van der Waals surface area contributed by atoms with Crippen LogP contribution in [-0.4, -0.2) is 75.4 Å². The van der Waals surface area contributed by atoms with Crippen molar-refractivity contribution in [2.75, 3.05) is 6.54 Å². The molecule has 39 heavy (non-hydrogen) atoms. The molecule has 0 aromatic heterocycles. The molecule has 0 bridgehead atoms. The van der Waals surface area contributed by atoms with Gasteiger partial charge in [-0.05, 0) is 36.1 Å². The lowest BCUT2D eigenvalue weighted by Gasteiger charge is -2.29. The molecule has 1 saturated heterocycles. The van der Waals surface area contributed by atoms with E-state index in [4.69, 9.17) is 11.5 Å². The van der Waals surface area contributed by atoms with E-state index in [1.165, 1.54) is 17.0 Å². The third-order valence-electron chi connectivity index (χ3n) is 6.49. The number of rotatable bonds is 12. The van der Waals surface area contributed by atoms with Crippen LogP contribution in [0.1, 0.15) is 30.4 Å². The fourth-order valence-corrected chi connectivity index (χ4v) is 4.47. The molecule has 1 fully saturated rings. The third kappa shape index (κ3) is 8.27. The second-order valence-electron chi connectivity index (χ2n) is 9.49. The molecule has 1 aliphatic heterocycles. The van der Waals surface area contributed by atoms with Gasteiger partial charge in [-0.15, -0.1) is 0 Å². The SMILES string of the molecule is NC(=O)CC(N)C(=O)NC(Cc1ccccc1)C(=O)NC(Cc1ccc(O)cc1)C(=O)N1CCCC1C(=O)O. The van der Waals surface area contributed by atoms with Gasteiger partial charge in [-0.3, -0.25) is 19.2 Å². The Morgan fingerprint density at radius 3 is 2.10 bits per heavy atom. The second kappa shape index (κ2) is 13.4. The Labute approximate surface area is 225 Å². The zero-order chi connectivity index (χ0) is 28.5. The molecule has 2 aromatic carbocycles. The van der Waals surface area contributed by atoms with Gasteiger partial charge in [0.15, 0.2) is 0 Å². The summed E-state index contributed by atoms with van der Waals surface area (Å²) in [5, 5.41) is 24.4. The number of carbonyl (C=O) groups is 5. The Balaban J connectivity index is 1.86. The molecule has 12 nitrogen and oxygen atoms in total. The van der Waals surface area contributed by atoms with Gasteiger partial charge in [0.05, 0.1) is 12.5 Å². The van der Waals surface area contributed by atoms with E-state index in [0.29, 0.717) is 24.0 Å². The zero-order valence-electron chi connectivity index (χ0n) is 21.3. The molecule has 4 atom stereocenters. The Hall–Kier alpha value is -4.45. The Morgan fingerprint density at radius 2 is 1.49 bits per heavy atom. The first-order chi connectivity index (χ1) is 18.5. The molecule has 0 radical (unpaired) electrons. The predicted octanol–water partition coefficient (Wildman–Crippen LogP) is -0.575. The number of nitrogens with zero attached hydrogens (tertiary/aromatic N) is 1. The van der Waals surface area contributed by atoms with Crippen LogP contribution < -0.4 is 22.1 Å². The molecule has 0 aliphatic carbocycles. The number of phenols is 1. The average molecular weight is 540 g/mol. The predicted molar refractivity (Wildman–Crippen MR) is 140 cm³/mol. The van der Waals surface area contributed by atoms with E-state index in [0.717, 1.165) is 0 Å². The number of nitrogens with two attached hydrogens (primary N) is 2. The van der Waals surface area contributed by atoms with Gasteiger partial charge in [-0.1, -0.05) is 42.5 Å². The van der Waals surface area contributed by atoms with E-state index in [-0.39, 0.29) is 25.1 Å². The molecular formula is C27H33N5O7. The number of carboxylic acid groups (broad SMARTS) is 1. The fraction of sp³-hybridized carbons (Fsp3) is 0.370. The van der Waals surface area contributed by atoms with Crippen LogP contribution >= 0.6 is 0 Å². The maximum Gasteiger partial charge on any atom is 0.326 e. The lowest BCUT2D eigenvalue weighted by Crippen LogP contribution is -2.58.